The highest BCUT2D eigenvalue weighted by Gasteiger charge is 2.25. The molecule has 0 fully saturated rings. The van der Waals surface area contributed by atoms with Crippen LogP contribution in [0.15, 0.2) is 54.9 Å². The number of hydrogen-bond acceptors (Lipinski definition) is 6. The molecule has 0 radical (unpaired) electrons. The van der Waals surface area contributed by atoms with Crippen LogP contribution in [0.5, 0.6) is 11.6 Å². The van der Waals surface area contributed by atoms with Crippen molar-refractivity contribution in [3.8, 4) is 11.6 Å². The number of nitrogens with one attached hydrogen (secondary N) is 1. The molecule has 0 saturated heterocycles. The average Bonchev–Trinajstić information content (AvgIpc) is 2.68. The number of aromatic nitrogens is 2. The predicted octanol–water partition coefficient (Wildman–Crippen LogP) is 5.57. The molecule has 0 amide bonds. The highest BCUT2D eigenvalue weighted by molar-refractivity contribution is 6.30. The SMILES string of the molecule is CC(C)c1ccc(Oc2ncnc(NCc3ccc(Cl)cc3)c2[N+](=O)[O-])cc1. The quantitative estimate of drug-likeness (QED) is 0.413. The molecule has 1 aromatic heterocycles. The van der Waals surface area contributed by atoms with Crippen molar-refractivity contribution < 1.29 is 9.66 Å². The van der Waals surface area contributed by atoms with Gasteiger partial charge < -0.3 is 10.1 Å². The Morgan fingerprint density at radius 3 is 2.39 bits per heavy atom. The predicted molar refractivity (Wildman–Crippen MR) is 108 cm³/mol. The lowest BCUT2D eigenvalue weighted by molar-refractivity contribution is -0.385. The van der Waals surface area contributed by atoms with Gasteiger partial charge in [-0.15, -0.1) is 0 Å². The van der Waals surface area contributed by atoms with Crippen LogP contribution < -0.4 is 10.1 Å². The Bertz CT molecular complexity index is 960. The van der Waals surface area contributed by atoms with E-state index in [1.165, 1.54) is 6.33 Å². The van der Waals surface area contributed by atoms with Crippen molar-refractivity contribution in [1.82, 2.24) is 9.97 Å². The van der Waals surface area contributed by atoms with Crippen LogP contribution in [0.2, 0.25) is 5.02 Å². The van der Waals surface area contributed by atoms with Crippen molar-refractivity contribution in [1.29, 1.82) is 0 Å². The van der Waals surface area contributed by atoms with E-state index in [2.05, 4.69) is 29.1 Å². The Hall–Kier alpha value is -3.19. The summed E-state index contributed by atoms with van der Waals surface area (Å²) < 4.78 is 5.66. The largest absolute Gasteiger partial charge is 0.434 e. The number of ether oxygens (including phenoxy) is 1. The first-order valence-corrected chi connectivity index (χ1v) is 9.07. The summed E-state index contributed by atoms with van der Waals surface area (Å²) in [6.07, 6.45) is 1.23. The van der Waals surface area contributed by atoms with Crippen LogP contribution in [0.3, 0.4) is 0 Å². The monoisotopic (exact) mass is 398 g/mol. The van der Waals surface area contributed by atoms with E-state index in [0.29, 0.717) is 23.2 Å². The van der Waals surface area contributed by atoms with Crippen molar-refractivity contribution in [2.75, 3.05) is 5.32 Å². The third kappa shape index (κ3) is 4.75. The topological polar surface area (TPSA) is 90.2 Å². The van der Waals surface area contributed by atoms with Crippen molar-refractivity contribution >= 4 is 23.1 Å². The Morgan fingerprint density at radius 2 is 1.79 bits per heavy atom. The molecule has 144 valence electrons. The molecule has 1 N–H and O–H groups in total. The zero-order valence-corrected chi connectivity index (χ0v) is 16.2. The van der Waals surface area contributed by atoms with E-state index in [-0.39, 0.29) is 17.4 Å². The standard InChI is InChI=1S/C20H19ClN4O3/c1-13(2)15-5-9-17(10-6-15)28-20-18(25(26)27)19(23-12-24-20)22-11-14-3-7-16(21)8-4-14/h3-10,12-13H,11H2,1-2H3,(H,22,23,24). The summed E-state index contributed by atoms with van der Waals surface area (Å²) in [5.41, 5.74) is 1.74. The first-order chi connectivity index (χ1) is 13.4. The molecule has 0 bridgehead atoms. The number of benzene rings is 2. The van der Waals surface area contributed by atoms with Gasteiger partial charge in [0.25, 0.3) is 0 Å². The van der Waals surface area contributed by atoms with Crippen molar-refractivity contribution in [3.05, 3.63) is 81.1 Å². The van der Waals surface area contributed by atoms with Crippen molar-refractivity contribution in [3.63, 3.8) is 0 Å². The van der Waals surface area contributed by atoms with Gasteiger partial charge in [0.15, 0.2) is 0 Å². The second-order valence-corrected chi connectivity index (χ2v) is 6.88. The second kappa shape index (κ2) is 8.67. The molecular formula is C20H19ClN4O3. The zero-order chi connectivity index (χ0) is 20.1. The van der Waals surface area contributed by atoms with Gasteiger partial charge in [0, 0.05) is 11.6 Å². The molecular weight excluding hydrogens is 380 g/mol. The van der Waals surface area contributed by atoms with E-state index >= 15 is 0 Å². The first-order valence-electron chi connectivity index (χ1n) is 8.69. The molecule has 1 heterocycles. The smallest absolute Gasteiger partial charge is 0.373 e. The zero-order valence-electron chi connectivity index (χ0n) is 15.4. The average molecular weight is 399 g/mol. The van der Waals surface area contributed by atoms with Crippen LogP contribution in [0, 0.1) is 10.1 Å². The third-order valence-electron chi connectivity index (χ3n) is 4.11. The van der Waals surface area contributed by atoms with Crippen LogP contribution in [0.25, 0.3) is 0 Å². The summed E-state index contributed by atoms with van der Waals surface area (Å²) in [5, 5.41) is 15.2. The number of halogens is 1. The molecule has 3 rings (SSSR count). The van der Waals surface area contributed by atoms with Gasteiger partial charge in [0.1, 0.15) is 12.1 Å². The highest BCUT2D eigenvalue weighted by Crippen LogP contribution is 2.34. The summed E-state index contributed by atoms with van der Waals surface area (Å²) in [4.78, 5) is 19.0. The second-order valence-electron chi connectivity index (χ2n) is 6.44. The van der Waals surface area contributed by atoms with Crippen LogP contribution in [-0.2, 0) is 6.54 Å². The van der Waals surface area contributed by atoms with Crippen LogP contribution in [0.1, 0.15) is 30.9 Å². The number of nitrogens with zero attached hydrogens (tertiary/aromatic N) is 3. The highest BCUT2D eigenvalue weighted by atomic mass is 35.5. The van der Waals surface area contributed by atoms with Gasteiger partial charge in [-0.05, 0) is 41.3 Å². The molecule has 0 aliphatic rings. The molecule has 28 heavy (non-hydrogen) atoms. The van der Waals surface area contributed by atoms with Gasteiger partial charge in [-0.25, -0.2) is 4.98 Å². The normalized spacial score (nSPS) is 10.7. The summed E-state index contributed by atoms with van der Waals surface area (Å²) in [5.74, 6) is 0.820. The molecule has 0 unspecified atom stereocenters. The Labute approximate surface area is 167 Å². The third-order valence-corrected chi connectivity index (χ3v) is 4.36. The summed E-state index contributed by atoms with van der Waals surface area (Å²) in [7, 11) is 0. The van der Waals surface area contributed by atoms with E-state index in [1.54, 1.807) is 24.3 Å². The van der Waals surface area contributed by atoms with E-state index in [1.807, 2.05) is 24.3 Å². The van der Waals surface area contributed by atoms with Gasteiger partial charge in [-0.3, -0.25) is 10.1 Å². The summed E-state index contributed by atoms with van der Waals surface area (Å²) in [6.45, 7) is 4.52. The van der Waals surface area contributed by atoms with Crippen LogP contribution in [0.4, 0.5) is 11.5 Å². The molecule has 0 spiro atoms. The maximum atomic E-state index is 11.6. The lowest BCUT2D eigenvalue weighted by atomic mass is 10.0. The van der Waals surface area contributed by atoms with E-state index in [0.717, 1.165) is 11.1 Å². The van der Waals surface area contributed by atoms with Gasteiger partial charge in [0.05, 0.1) is 4.92 Å². The lowest BCUT2D eigenvalue weighted by Gasteiger charge is -2.10. The van der Waals surface area contributed by atoms with Crippen molar-refractivity contribution in [2.45, 2.75) is 26.3 Å². The van der Waals surface area contributed by atoms with Crippen molar-refractivity contribution in [2.24, 2.45) is 0 Å². The fourth-order valence-electron chi connectivity index (χ4n) is 2.55. The van der Waals surface area contributed by atoms with E-state index in [4.69, 9.17) is 16.3 Å². The molecule has 2 aromatic carbocycles. The number of anilines is 1. The minimum Gasteiger partial charge on any atom is -0.434 e. The van der Waals surface area contributed by atoms with Gasteiger partial charge >= 0.3 is 11.6 Å². The summed E-state index contributed by atoms with van der Waals surface area (Å²) in [6, 6.07) is 14.5. The number of hydrogen-bond donors (Lipinski definition) is 1. The van der Waals surface area contributed by atoms with Gasteiger partial charge in [0.2, 0.25) is 5.82 Å². The number of rotatable bonds is 7. The van der Waals surface area contributed by atoms with Gasteiger partial charge in [-0.1, -0.05) is 49.7 Å². The molecule has 0 atom stereocenters. The molecule has 0 saturated carbocycles. The Morgan fingerprint density at radius 1 is 1.11 bits per heavy atom. The minimum atomic E-state index is -0.554. The maximum Gasteiger partial charge on any atom is 0.373 e. The molecule has 8 heteroatoms. The Balaban J connectivity index is 1.82. The minimum absolute atomic E-state index is 0.0868. The molecule has 0 aliphatic heterocycles. The van der Waals surface area contributed by atoms with Crippen LogP contribution >= 0.6 is 11.6 Å². The molecule has 0 aliphatic carbocycles. The molecule has 7 nitrogen and oxygen atoms in total. The Kier molecular flexibility index (Phi) is 6.06. The number of nitro groups is 1. The van der Waals surface area contributed by atoms with Gasteiger partial charge in [-0.2, -0.15) is 4.98 Å². The first kappa shape index (κ1) is 19.6. The fraction of sp³-hybridized carbons (Fsp3) is 0.200. The fourth-order valence-corrected chi connectivity index (χ4v) is 2.68. The lowest BCUT2D eigenvalue weighted by Crippen LogP contribution is -2.07. The summed E-state index contributed by atoms with van der Waals surface area (Å²) >= 11 is 5.87. The maximum absolute atomic E-state index is 11.6. The molecule has 3 aromatic rings. The van der Waals surface area contributed by atoms with E-state index < -0.39 is 4.92 Å². The van der Waals surface area contributed by atoms with Crippen LogP contribution in [-0.4, -0.2) is 14.9 Å². The van der Waals surface area contributed by atoms with E-state index in [9.17, 15) is 10.1 Å².